The highest BCUT2D eigenvalue weighted by atomic mass is 32.2. The molecule has 0 heterocycles. The van der Waals surface area contributed by atoms with Gasteiger partial charge in [-0.05, 0) is 13.3 Å². The van der Waals surface area contributed by atoms with E-state index in [9.17, 15) is 13.5 Å². The maximum Gasteiger partial charge on any atom is 0.294 e. The van der Waals surface area contributed by atoms with Crippen LogP contribution in [-0.2, 0) is 10.1 Å². The zero-order valence-electron chi connectivity index (χ0n) is 6.90. The van der Waals surface area contributed by atoms with Gasteiger partial charge in [-0.2, -0.15) is 8.42 Å². The van der Waals surface area contributed by atoms with Crippen molar-refractivity contribution >= 4 is 10.1 Å². The molecule has 0 aromatic carbocycles. The average molecular weight is 182 g/mol. The summed E-state index contributed by atoms with van der Waals surface area (Å²) < 4.78 is 29.7. The van der Waals surface area contributed by atoms with Gasteiger partial charge in [-0.1, -0.05) is 13.8 Å². The van der Waals surface area contributed by atoms with Gasteiger partial charge in [0.15, 0.2) is 4.93 Å². The Bertz CT molecular complexity index is 217. The van der Waals surface area contributed by atoms with Crippen molar-refractivity contribution in [2.24, 2.45) is 5.92 Å². The minimum absolute atomic E-state index is 0.475. The predicted molar refractivity (Wildman–Crippen MR) is 41.6 cm³/mol. The van der Waals surface area contributed by atoms with Crippen LogP contribution < -0.4 is 0 Å². The first-order valence-electron chi connectivity index (χ1n) is 3.43. The average Bonchev–Trinajstić information content (AvgIpc) is 1.83. The van der Waals surface area contributed by atoms with E-state index < -0.39 is 21.0 Å². The first kappa shape index (κ1) is 10.9. The van der Waals surface area contributed by atoms with Crippen LogP contribution in [0.5, 0.6) is 0 Å². The second kappa shape index (κ2) is 3.08. The van der Waals surface area contributed by atoms with E-state index in [4.69, 9.17) is 4.55 Å². The summed E-state index contributed by atoms with van der Waals surface area (Å²) in [5.41, 5.74) is 0. The van der Waals surface area contributed by atoms with E-state index in [-0.39, 0.29) is 0 Å². The van der Waals surface area contributed by atoms with Gasteiger partial charge in [0.05, 0.1) is 0 Å². The standard InChI is InChI=1S/C6H14O4S/c1-4-5(2)6(3,7)11(8,9)10/h5,7H,4H2,1-3H3,(H,8,9,10). The van der Waals surface area contributed by atoms with Gasteiger partial charge >= 0.3 is 0 Å². The predicted octanol–water partition coefficient (Wildman–Crippen LogP) is 0.629. The Morgan fingerprint density at radius 3 is 2.00 bits per heavy atom. The third-order valence-corrected chi connectivity index (χ3v) is 3.50. The summed E-state index contributed by atoms with van der Waals surface area (Å²) in [5, 5.41) is 9.28. The number of hydrogen-bond donors (Lipinski definition) is 2. The van der Waals surface area contributed by atoms with E-state index >= 15 is 0 Å². The summed E-state index contributed by atoms with van der Waals surface area (Å²) in [6.45, 7) is 4.40. The van der Waals surface area contributed by atoms with Gasteiger partial charge in [0, 0.05) is 5.92 Å². The van der Waals surface area contributed by atoms with Crippen molar-refractivity contribution in [2.45, 2.75) is 32.1 Å². The highest BCUT2D eigenvalue weighted by Crippen LogP contribution is 2.24. The summed E-state index contributed by atoms with van der Waals surface area (Å²) in [4.78, 5) is -2.03. The van der Waals surface area contributed by atoms with Crippen LogP contribution in [0, 0.1) is 5.92 Å². The molecule has 0 saturated heterocycles. The first-order chi connectivity index (χ1) is 4.73. The molecule has 2 atom stereocenters. The van der Waals surface area contributed by atoms with Crippen LogP contribution in [0.25, 0.3) is 0 Å². The second-order valence-corrected chi connectivity index (χ2v) is 4.62. The van der Waals surface area contributed by atoms with Crippen molar-refractivity contribution in [3.63, 3.8) is 0 Å². The molecule has 0 rings (SSSR count). The van der Waals surface area contributed by atoms with Crippen molar-refractivity contribution in [3.05, 3.63) is 0 Å². The van der Waals surface area contributed by atoms with E-state index in [1.54, 1.807) is 13.8 Å². The summed E-state index contributed by atoms with van der Waals surface area (Å²) in [6, 6.07) is 0. The molecule has 0 saturated carbocycles. The van der Waals surface area contributed by atoms with Gasteiger partial charge in [0.2, 0.25) is 0 Å². The molecule has 0 aromatic rings. The summed E-state index contributed by atoms with van der Waals surface area (Å²) in [6.07, 6.45) is 0.493. The Balaban J connectivity index is 4.74. The number of aliphatic hydroxyl groups is 1. The third kappa shape index (κ3) is 2.15. The molecule has 4 nitrogen and oxygen atoms in total. The van der Waals surface area contributed by atoms with Gasteiger partial charge in [0.1, 0.15) is 0 Å². The lowest BCUT2D eigenvalue weighted by Crippen LogP contribution is -2.40. The number of rotatable bonds is 3. The molecule has 0 bridgehead atoms. The lowest BCUT2D eigenvalue weighted by atomic mass is 10.0. The van der Waals surface area contributed by atoms with Gasteiger partial charge in [-0.15, -0.1) is 0 Å². The van der Waals surface area contributed by atoms with E-state index in [1.165, 1.54) is 0 Å². The quantitative estimate of drug-likeness (QED) is 0.628. The van der Waals surface area contributed by atoms with Crippen LogP contribution >= 0.6 is 0 Å². The fraction of sp³-hybridized carbons (Fsp3) is 1.00. The maximum atomic E-state index is 10.6. The van der Waals surface area contributed by atoms with Crippen LogP contribution in [0.4, 0.5) is 0 Å². The molecule has 0 amide bonds. The van der Waals surface area contributed by atoms with Crippen LogP contribution in [-0.4, -0.2) is 23.0 Å². The molecule has 0 spiro atoms. The largest absolute Gasteiger partial charge is 0.372 e. The van der Waals surface area contributed by atoms with Crippen molar-refractivity contribution in [1.29, 1.82) is 0 Å². The minimum atomic E-state index is -4.36. The summed E-state index contributed by atoms with van der Waals surface area (Å²) in [7, 11) is -4.36. The molecule has 0 radical (unpaired) electrons. The topological polar surface area (TPSA) is 74.6 Å². The van der Waals surface area contributed by atoms with Crippen molar-refractivity contribution in [1.82, 2.24) is 0 Å². The van der Waals surface area contributed by atoms with Crippen LogP contribution in [0.2, 0.25) is 0 Å². The highest BCUT2D eigenvalue weighted by Gasteiger charge is 2.39. The van der Waals surface area contributed by atoms with Crippen molar-refractivity contribution < 1.29 is 18.1 Å². The fourth-order valence-corrected chi connectivity index (χ4v) is 1.31. The van der Waals surface area contributed by atoms with Crippen LogP contribution in [0.1, 0.15) is 27.2 Å². The Labute approximate surface area is 67.0 Å². The van der Waals surface area contributed by atoms with Crippen molar-refractivity contribution in [3.8, 4) is 0 Å². The maximum absolute atomic E-state index is 10.6. The monoisotopic (exact) mass is 182 g/mol. The Hall–Kier alpha value is -0.130. The molecule has 68 valence electrons. The fourth-order valence-electron chi connectivity index (χ4n) is 0.633. The van der Waals surface area contributed by atoms with Crippen molar-refractivity contribution in [2.75, 3.05) is 0 Å². The molecular weight excluding hydrogens is 168 g/mol. The Kier molecular flexibility index (Phi) is 3.05. The molecular formula is C6H14O4S. The van der Waals surface area contributed by atoms with Crippen LogP contribution in [0.3, 0.4) is 0 Å². The third-order valence-electron chi connectivity index (χ3n) is 2.05. The molecule has 5 heteroatoms. The molecule has 2 unspecified atom stereocenters. The normalized spacial score (nSPS) is 20.8. The molecule has 0 aliphatic heterocycles. The first-order valence-corrected chi connectivity index (χ1v) is 4.87. The lowest BCUT2D eigenvalue weighted by Gasteiger charge is -2.25. The smallest absolute Gasteiger partial charge is 0.294 e. The van der Waals surface area contributed by atoms with Crippen LogP contribution in [0.15, 0.2) is 0 Å². The van der Waals surface area contributed by atoms with Gasteiger partial charge in [0.25, 0.3) is 10.1 Å². The molecule has 0 aliphatic rings. The Morgan fingerprint density at radius 1 is 1.55 bits per heavy atom. The lowest BCUT2D eigenvalue weighted by molar-refractivity contribution is 0.0753. The van der Waals surface area contributed by atoms with E-state index in [1.807, 2.05) is 0 Å². The second-order valence-electron chi connectivity index (χ2n) is 2.84. The van der Waals surface area contributed by atoms with Gasteiger partial charge in [-0.3, -0.25) is 4.55 Å². The molecule has 0 aromatic heterocycles. The molecule has 0 fully saturated rings. The molecule has 11 heavy (non-hydrogen) atoms. The van der Waals surface area contributed by atoms with Gasteiger partial charge < -0.3 is 5.11 Å². The SMILES string of the molecule is CCC(C)C(C)(O)S(=O)(=O)O. The zero-order chi connectivity index (χ0) is 9.28. The van der Waals surface area contributed by atoms with E-state index in [0.717, 1.165) is 6.92 Å². The van der Waals surface area contributed by atoms with E-state index in [2.05, 4.69) is 0 Å². The summed E-state index contributed by atoms with van der Waals surface area (Å²) >= 11 is 0. The summed E-state index contributed by atoms with van der Waals surface area (Å²) in [5.74, 6) is -0.475. The van der Waals surface area contributed by atoms with E-state index in [0.29, 0.717) is 6.42 Å². The minimum Gasteiger partial charge on any atom is -0.372 e. The van der Waals surface area contributed by atoms with Gasteiger partial charge in [-0.25, -0.2) is 0 Å². The molecule has 0 aliphatic carbocycles. The number of hydrogen-bond acceptors (Lipinski definition) is 3. The zero-order valence-corrected chi connectivity index (χ0v) is 7.72. The molecule has 2 N–H and O–H groups in total. The Morgan fingerprint density at radius 2 is 1.91 bits per heavy atom. The highest BCUT2D eigenvalue weighted by molar-refractivity contribution is 7.87.